The SMILES string of the molecule is O=C1CC2(CCN(C(=O)c3cnccn3)CC2)Oc2ccc(Cl)cc21. The van der Waals surface area contributed by atoms with Crippen molar-refractivity contribution in [1.82, 2.24) is 14.9 Å². The highest BCUT2D eigenvalue weighted by atomic mass is 35.5. The van der Waals surface area contributed by atoms with Crippen LogP contribution >= 0.6 is 11.6 Å². The largest absolute Gasteiger partial charge is 0.486 e. The number of likely N-dealkylation sites (tertiary alicyclic amines) is 1. The van der Waals surface area contributed by atoms with Gasteiger partial charge >= 0.3 is 0 Å². The third-order valence-electron chi connectivity index (χ3n) is 4.80. The van der Waals surface area contributed by atoms with E-state index in [1.165, 1.54) is 18.6 Å². The number of carbonyl (C=O) groups is 2. The van der Waals surface area contributed by atoms with Gasteiger partial charge in [0, 0.05) is 43.3 Å². The smallest absolute Gasteiger partial charge is 0.274 e. The fraction of sp³-hybridized carbons (Fsp3) is 0.333. The van der Waals surface area contributed by atoms with Gasteiger partial charge in [-0.25, -0.2) is 4.98 Å². The van der Waals surface area contributed by atoms with Crippen LogP contribution in [0.2, 0.25) is 5.02 Å². The lowest BCUT2D eigenvalue weighted by Crippen LogP contribution is -2.52. The molecule has 4 rings (SSSR count). The number of aromatic nitrogens is 2. The average Bonchev–Trinajstić information content (AvgIpc) is 2.63. The molecule has 1 aromatic carbocycles. The predicted molar refractivity (Wildman–Crippen MR) is 90.9 cm³/mol. The van der Waals surface area contributed by atoms with Gasteiger partial charge in [-0.05, 0) is 18.2 Å². The maximum absolute atomic E-state index is 12.5. The van der Waals surface area contributed by atoms with Crippen molar-refractivity contribution in [2.24, 2.45) is 0 Å². The van der Waals surface area contributed by atoms with Crippen molar-refractivity contribution in [3.63, 3.8) is 0 Å². The molecule has 1 spiro atoms. The van der Waals surface area contributed by atoms with Crippen molar-refractivity contribution >= 4 is 23.3 Å². The summed E-state index contributed by atoms with van der Waals surface area (Å²) in [7, 11) is 0. The van der Waals surface area contributed by atoms with E-state index in [-0.39, 0.29) is 11.7 Å². The van der Waals surface area contributed by atoms with Crippen LogP contribution in [0.5, 0.6) is 5.75 Å². The number of ketones is 1. The minimum Gasteiger partial charge on any atom is -0.486 e. The third-order valence-corrected chi connectivity index (χ3v) is 5.03. The fourth-order valence-electron chi connectivity index (χ4n) is 3.43. The molecular formula is C18H16ClN3O3. The molecule has 2 aliphatic heterocycles. The van der Waals surface area contributed by atoms with Crippen LogP contribution in [0.3, 0.4) is 0 Å². The number of halogens is 1. The Bertz CT molecular complexity index is 833. The Morgan fingerprint density at radius 3 is 2.76 bits per heavy atom. The van der Waals surface area contributed by atoms with Gasteiger partial charge in [0.1, 0.15) is 17.0 Å². The number of fused-ring (bicyclic) bond motifs is 1. The Kier molecular flexibility index (Phi) is 3.92. The molecule has 0 bridgehead atoms. The molecule has 0 N–H and O–H groups in total. The van der Waals surface area contributed by atoms with Gasteiger partial charge in [0.2, 0.25) is 0 Å². The molecule has 2 aliphatic rings. The zero-order valence-corrected chi connectivity index (χ0v) is 14.2. The molecule has 0 aliphatic carbocycles. The number of hydrogen-bond acceptors (Lipinski definition) is 5. The highest BCUT2D eigenvalue weighted by Gasteiger charge is 2.43. The maximum atomic E-state index is 12.5. The third kappa shape index (κ3) is 2.98. The number of nitrogens with zero attached hydrogens (tertiary/aromatic N) is 3. The van der Waals surface area contributed by atoms with Gasteiger partial charge in [0.15, 0.2) is 5.78 Å². The molecule has 1 aromatic heterocycles. The van der Waals surface area contributed by atoms with Gasteiger partial charge < -0.3 is 9.64 Å². The van der Waals surface area contributed by atoms with E-state index in [0.717, 1.165) is 0 Å². The minimum absolute atomic E-state index is 0.0393. The highest BCUT2D eigenvalue weighted by molar-refractivity contribution is 6.31. The van der Waals surface area contributed by atoms with Crippen LogP contribution in [-0.4, -0.2) is 45.2 Å². The van der Waals surface area contributed by atoms with Gasteiger partial charge in [0.25, 0.3) is 5.91 Å². The molecule has 1 saturated heterocycles. The Balaban J connectivity index is 1.49. The number of amides is 1. The zero-order valence-electron chi connectivity index (χ0n) is 13.4. The van der Waals surface area contributed by atoms with Gasteiger partial charge in [-0.1, -0.05) is 11.6 Å². The lowest BCUT2D eigenvalue weighted by molar-refractivity contribution is -0.00585. The van der Waals surface area contributed by atoms with E-state index < -0.39 is 5.60 Å². The van der Waals surface area contributed by atoms with Crippen LogP contribution in [0.25, 0.3) is 0 Å². The number of Topliss-reactive ketones (excluding diaryl/α,β-unsaturated/α-hetero) is 1. The molecule has 1 fully saturated rings. The molecule has 0 radical (unpaired) electrons. The standard InChI is InChI=1S/C18H16ClN3O3/c19-12-1-2-16-13(9-12)15(23)10-18(25-16)3-7-22(8-4-18)17(24)14-11-20-5-6-21-14/h1-2,5-6,9,11H,3-4,7-8,10H2. The Morgan fingerprint density at radius 1 is 1.24 bits per heavy atom. The summed E-state index contributed by atoms with van der Waals surface area (Å²) in [5.74, 6) is 0.476. The van der Waals surface area contributed by atoms with Gasteiger partial charge in [-0.2, -0.15) is 0 Å². The van der Waals surface area contributed by atoms with Gasteiger partial charge in [-0.15, -0.1) is 0 Å². The van der Waals surface area contributed by atoms with Crippen LogP contribution in [0.15, 0.2) is 36.8 Å². The second kappa shape index (κ2) is 6.11. The van der Waals surface area contributed by atoms with Gasteiger partial charge in [-0.3, -0.25) is 14.6 Å². The molecule has 7 heteroatoms. The van der Waals surface area contributed by atoms with E-state index in [9.17, 15) is 9.59 Å². The second-order valence-electron chi connectivity index (χ2n) is 6.41. The summed E-state index contributed by atoms with van der Waals surface area (Å²) >= 11 is 5.97. The van der Waals surface area contributed by atoms with Crippen LogP contribution in [0.1, 0.15) is 40.1 Å². The molecule has 3 heterocycles. The Morgan fingerprint density at radius 2 is 2.04 bits per heavy atom. The monoisotopic (exact) mass is 357 g/mol. The van der Waals surface area contributed by atoms with Crippen LogP contribution in [0.4, 0.5) is 0 Å². The molecule has 1 amide bonds. The number of rotatable bonds is 1. The second-order valence-corrected chi connectivity index (χ2v) is 6.84. The van der Waals surface area contributed by atoms with Crippen molar-refractivity contribution in [2.45, 2.75) is 24.9 Å². The molecule has 25 heavy (non-hydrogen) atoms. The summed E-state index contributed by atoms with van der Waals surface area (Å²) in [5.41, 5.74) is 0.326. The first-order chi connectivity index (χ1) is 12.1. The summed E-state index contributed by atoms with van der Waals surface area (Å²) in [4.78, 5) is 34.7. The number of ether oxygens (including phenoxy) is 1. The Hall–Kier alpha value is -2.47. The van der Waals surface area contributed by atoms with Crippen LogP contribution in [-0.2, 0) is 0 Å². The first-order valence-electron chi connectivity index (χ1n) is 8.13. The molecule has 0 atom stereocenters. The van der Waals surface area contributed by atoms with Crippen molar-refractivity contribution in [1.29, 1.82) is 0 Å². The van der Waals surface area contributed by atoms with E-state index in [1.807, 2.05) is 0 Å². The van der Waals surface area contributed by atoms with Crippen molar-refractivity contribution in [3.8, 4) is 5.75 Å². The van der Waals surface area contributed by atoms with Crippen LogP contribution in [0, 0.1) is 0 Å². The molecule has 2 aromatic rings. The fourth-order valence-corrected chi connectivity index (χ4v) is 3.61. The molecule has 128 valence electrons. The van der Waals surface area contributed by atoms with E-state index in [2.05, 4.69) is 9.97 Å². The number of hydrogen-bond donors (Lipinski definition) is 0. The Labute approximate surface area is 149 Å². The predicted octanol–water partition coefficient (Wildman–Crippen LogP) is 2.77. The van der Waals surface area contributed by atoms with Crippen molar-refractivity contribution in [2.75, 3.05) is 13.1 Å². The molecule has 0 saturated carbocycles. The van der Waals surface area contributed by atoms with Crippen molar-refractivity contribution in [3.05, 3.63) is 53.1 Å². The maximum Gasteiger partial charge on any atom is 0.274 e. The lowest BCUT2D eigenvalue weighted by atomic mass is 9.82. The summed E-state index contributed by atoms with van der Waals surface area (Å²) in [6.07, 6.45) is 6.03. The minimum atomic E-state index is -0.545. The number of carbonyl (C=O) groups excluding carboxylic acids is 2. The molecular weight excluding hydrogens is 342 g/mol. The van der Waals surface area contributed by atoms with Gasteiger partial charge in [0.05, 0.1) is 18.2 Å². The number of benzene rings is 1. The van der Waals surface area contributed by atoms with E-state index in [4.69, 9.17) is 16.3 Å². The lowest BCUT2D eigenvalue weighted by Gasteiger charge is -2.43. The summed E-state index contributed by atoms with van der Waals surface area (Å²) in [6, 6.07) is 5.12. The first kappa shape index (κ1) is 16.0. The quantitative estimate of drug-likeness (QED) is 0.784. The van der Waals surface area contributed by atoms with Crippen molar-refractivity contribution < 1.29 is 14.3 Å². The average molecular weight is 358 g/mol. The molecule has 0 unspecified atom stereocenters. The number of piperidine rings is 1. The zero-order chi connectivity index (χ0) is 17.4. The summed E-state index contributed by atoms with van der Waals surface area (Å²) in [6.45, 7) is 1.04. The first-order valence-corrected chi connectivity index (χ1v) is 8.51. The van der Waals surface area contributed by atoms with Crippen LogP contribution < -0.4 is 4.74 Å². The topological polar surface area (TPSA) is 72.4 Å². The summed E-state index contributed by atoms with van der Waals surface area (Å²) in [5, 5.41) is 0.524. The highest BCUT2D eigenvalue weighted by Crippen LogP contribution is 2.40. The van der Waals surface area contributed by atoms with E-state index in [0.29, 0.717) is 54.4 Å². The normalized spacial score (nSPS) is 18.6. The summed E-state index contributed by atoms with van der Waals surface area (Å²) < 4.78 is 6.17. The van der Waals surface area contributed by atoms with E-state index in [1.54, 1.807) is 23.1 Å². The van der Waals surface area contributed by atoms with E-state index >= 15 is 0 Å². The molecule has 6 nitrogen and oxygen atoms in total.